The number of allylic oxidation sites excluding steroid dienone is 1. The van der Waals surface area contributed by atoms with Crippen molar-refractivity contribution in [1.82, 2.24) is 0 Å². The van der Waals surface area contributed by atoms with Crippen LogP contribution in [0, 0.1) is 39.9 Å². The van der Waals surface area contributed by atoms with E-state index in [2.05, 4.69) is 6.58 Å². The van der Waals surface area contributed by atoms with Crippen LogP contribution in [0.15, 0.2) is 12.2 Å². The van der Waals surface area contributed by atoms with Crippen molar-refractivity contribution in [2.24, 2.45) is 39.9 Å². The minimum absolute atomic E-state index is 0.101. The molecule has 0 aromatic rings. The Bertz CT molecular complexity index is 700. The van der Waals surface area contributed by atoms with Crippen LogP contribution in [-0.2, 0) is 14.3 Å². The quantitative estimate of drug-likeness (QED) is 0.563. The summed E-state index contributed by atoms with van der Waals surface area (Å²) in [6.45, 7) is 6.12. The van der Waals surface area contributed by atoms with Gasteiger partial charge in [0.15, 0.2) is 0 Å². The van der Waals surface area contributed by atoms with Crippen molar-refractivity contribution in [3.05, 3.63) is 12.2 Å². The molecule has 8 unspecified atom stereocenters. The lowest BCUT2D eigenvalue weighted by Gasteiger charge is -2.57. The van der Waals surface area contributed by atoms with Crippen LogP contribution in [0.2, 0.25) is 0 Å². The molecular weight excluding hydrogens is 320 g/mol. The van der Waals surface area contributed by atoms with E-state index in [-0.39, 0.29) is 17.3 Å². The summed E-state index contributed by atoms with van der Waals surface area (Å²) in [6, 6.07) is 0. The molecule has 4 aliphatic carbocycles. The van der Waals surface area contributed by atoms with E-state index >= 15 is 0 Å². The number of hydrogen-bond acceptors (Lipinski definition) is 4. The van der Waals surface area contributed by atoms with Gasteiger partial charge in [0.05, 0.1) is 11.3 Å². The summed E-state index contributed by atoms with van der Waals surface area (Å²) in [5, 5.41) is 21.2. The van der Waals surface area contributed by atoms with Crippen molar-refractivity contribution in [2.45, 2.75) is 58.2 Å². The summed E-state index contributed by atoms with van der Waals surface area (Å²) in [7, 11) is 0. The highest BCUT2D eigenvalue weighted by molar-refractivity contribution is 5.82. The van der Waals surface area contributed by atoms with E-state index in [9.17, 15) is 19.8 Å². The molecule has 5 nitrogen and oxygen atoms in total. The van der Waals surface area contributed by atoms with Crippen molar-refractivity contribution in [3.8, 4) is 0 Å². The van der Waals surface area contributed by atoms with E-state index in [0.29, 0.717) is 12.3 Å². The first-order valence-electron chi connectivity index (χ1n) is 9.57. The number of esters is 1. The van der Waals surface area contributed by atoms with E-state index in [0.717, 1.165) is 38.5 Å². The van der Waals surface area contributed by atoms with Gasteiger partial charge in [-0.3, -0.25) is 9.59 Å². The first-order valence-corrected chi connectivity index (χ1v) is 9.57. The van der Waals surface area contributed by atoms with Gasteiger partial charge in [0.1, 0.15) is 0 Å². The highest BCUT2D eigenvalue weighted by Gasteiger charge is 2.80. The van der Waals surface area contributed by atoms with Gasteiger partial charge in [0.2, 0.25) is 6.29 Å². The third-order valence-electron chi connectivity index (χ3n) is 8.84. The number of ether oxygens (including phenoxy) is 1. The molecule has 0 aromatic heterocycles. The number of carbonyl (C=O) groups is 2. The maximum absolute atomic E-state index is 12.7. The molecular formula is C20H26O5. The first-order chi connectivity index (χ1) is 11.8. The largest absolute Gasteiger partial charge is 0.481 e. The Labute approximate surface area is 147 Å². The Balaban J connectivity index is 1.78. The second-order valence-electron chi connectivity index (χ2n) is 9.53. The summed E-state index contributed by atoms with van der Waals surface area (Å²) in [4.78, 5) is 25.2. The highest BCUT2D eigenvalue weighted by Crippen LogP contribution is 2.79. The van der Waals surface area contributed by atoms with Gasteiger partial charge >= 0.3 is 11.9 Å². The molecule has 0 aromatic carbocycles. The van der Waals surface area contributed by atoms with Crippen molar-refractivity contribution in [2.75, 3.05) is 0 Å². The van der Waals surface area contributed by atoms with E-state index in [1.165, 1.54) is 5.57 Å². The molecule has 1 aliphatic heterocycles. The minimum atomic E-state index is -1.17. The molecule has 136 valence electrons. The maximum Gasteiger partial charge on any atom is 0.314 e. The molecule has 5 rings (SSSR count). The van der Waals surface area contributed by atoms with E-state index in [1.807, 2.05) is 6.92 Å². The number of carbonyl (C=O) groups excluding carboxylic acids is 1. The molecule has 1 saturated heterocycles. The topological polar surface area (TPSA) is 83.8 Å². The van der Waals surface area contributed by atoms with E-state index < -0.39 is 35.0 Å². The third kappa shape index (κ3) is 1.52. The van der Waals surface area contributed by atoms with Gasteiger partial charge in [-0.25, -0.2) is 0 Å². The predicted octanol–water partition coefficient (Wildman–Crippen LogP) is 2.73. The zero-order valence-electron chi connectivity index (χ0n) is 14.7. The Morgan fingerprint density at radius 2 is 2.08 bits per heavy atom. The number of aliphatic hydroxyl groups is 1. The molecule has 0 radical (unpaired) electrons. The normalized spacial score (nSPS) is 56.2. The van der Waals surface area contributed by atoms with Crippen LogP contribution in [0.4, 0.5) is 0 Å². The number of hydrogen-bond donors (Lipinski definition) is 2. The Hall–Kier alpha value is -1.36. The lowest BCUT2D eigenvalue weighted by molar-refractivity contribution is -0.271. The smallest absolute Gasteiger partial charge is 0.314 e. The van der Waals surface area contributed by atoms with Crippen LogP contribution >= 0.6 is 0 Å². The van der Waals surface area contributed by atoms with Crippen LogP contribution in [0.5, 0.6) is 0 Å². The fraction of sp³-hybridized carbons (Fsp3) is 0.800. The molecule has 25 heavy (non-hydrogen) atoms. The van der Waals surface area contributed by atoms with Crippen molar-refractivity contribution in [1.29, 1.82) is 0 Å². The summed E-state index contributed by atoms with van der Waals surface area (Å²) in [6.07, 6.45) is 4.60. The molecule has 5 aliphatic rings. The standard InChI is InChI=1S/C20H26O5/c1-10-8-19-9-11(10)4-5-12(19)20-7-3-6-18(2,16(23)25-17(20)24)14(20)13(19)15(21)22/h11-14,17,24H,1,3-9H2,2H3,(H,21,22). The number of aliphatic carboxylic acids is 1. The zero-order valence-corrected chi connectivity index (χ0v) is 14.7. The lowest BCUT2D eigenvalue weighted by atomic mass is 9.50. The summed E-state index contributed by atoms with van der Waals surface area (Å²) in [5.41, 5.74) is -0.590. The van der Waals surface area contributed by atoms with Gasteiger partial charge in [-0.15, -0.1) is 0 Å². The molecule has 2 N–H and O–H groups in total. The van der Waals surface area contributed by atoms with Gasteiger partial charge in [0, 0.05) is 11.3 Å². The van der Waals surface area contributed by atoms with Crippen molar-refractivity contribution < 1.29 is 24.5 Å². The average Bonchev–Trinajstić information content (AvgIpc) is 2.96. The molecule has 4 bridgehead atoms. The Morgan fingerprint density at radius 3 is 2.80 bits per heavy atom. The number of carboxylic acids is 1. The van der Waals surface area contributed by atoms with E-state index in [4.69, 9.17) is 4.74 Å². The molecule has 8 atom stereocenters. The second kappa shape index (κ2) is 4.48. The SMILES string of the molecule is C=C1CC23CC1CCC2C12CCCC(C)(C(=O)OC1O)C2C3C(=O)O. The number of rotatable bonds is 1. The number of carboxylic acid groups (broad SMARTS) is 1. The van der Waals surface area contributed by atoms with Crippen LogP contribution in [-0.4, -0.2) is 28.4 Å². The maximum atomic E-state index is 12.7. The fourth-order valence-electron chi connectivity index (χ4n) is 8.21. The lowest BCUT2D eigenvalue weighted by Crippen LogP contribution is -2.62. The first kappa shape index (κ1) is 15.9. The van der Waals surface area contributed by atoms with Gasteiger partial charge in [-0.1, -0.05) is 18.6 Å². The van der Waals surface area contributed by atoms with E-state index in [1.54, 1.807) is 0 Å². The number of fused-ring (bicyclic) bond motifs is 1. The number of cyclic esters (lactones) is 1. The van der Waals surface area contributed by atoms with Crippen LogP contribution in [0.1, 0.15) is 51.9 Å². The predicted molar refractivity (Wildman–Crippen MR) is 88.1 cm³/mol. The van der Waals surface area contributed by atoms with Gasteiger partial charge in [0.25, 0.3) is 0 Å². The molecule has 4 saturated carbocycles. The highest BCUT2D eigenvalue weighted by atomic mass is 16.6. The second-order valence-corrected chi connectivity index (χ2v) is 9.53. The average molecular weight is 346 g/mol. The molecule has 5 heteroatoms. The third-order valence-corrected chi connectivity index (χ3v) is 8.84. The van der Waals surface area contributed by atoms with Gasteiger partial charge in [-0.2, -0.15) is 0 Å². The molecule has 1 spiro atoms. The van der Waals surface area contributed by atoms with Gasteiger partial charge in [-0.05, 0) is 62.7 Å². The molecule has 0 amide bonds. The van der Waals surface area contributed by atoms with Gasteiger partial charge < -0.3 is 14.9 Å². The Morgan fingerprint density at radius 1 is 1.32 bits per heavy atom. The van der Waals surface area contributed by atoms with Crippen molar-refractivity contribution >= 4 is 11.9 Å². The van der Waals surface area contributed by atoms with Crippen LogP contribution in [0.25, 0.3) is 0 Å². The van der Waals surface area contributed by atoms with Crippen LogP contribution in [0.3, 0.4) is 0 Å². The summed E-state index contributed by atoms with van der Waals surface area (Å²) >= 11 is 0. The Kier molecular flexibility index (Phi) is 2.84. The fourth-order valence-corrected chi connectivity index (χ4v) is 8.21. The molecule has 1 heterocycles. The number of aliphatic hydroxyl groups excluding tert-OH is 1. The summed E-state index contributed by atoms with van der Waals surface area (Å²) < 4.78 is 5.47. The van der Waals surface area contributed by atoms with Crippen molar-refractivity contribution in [3.63, 3.8) is 0 Å². The summed E-state index contributed by atoms with van der Waals surface area (Å²) in [5.74, 6) is -1.64. The van der Waals surface area contributed by atoms with Crippen LogP contribution < -0.4 is 0 Å². The zero-order chi connectivity index (χ0) is 17.8. The minimum Gasteiger partial charge on any atom is -0.481 e. The molecule has 5 fully saturated rings. The monoisotopic (exact) mass is 346 g/mol.